The van der Waals surface area contributed by atoms with Crippen LogP contribution in [0.1, 0.15) is 42.5 Å². The molecule has 0 amide bonds. The van der Waals surface area contributed by atoms with Crippen LogP contribution < -0.4 is 0 Å². The SMILES string of the molecule is CC[C@@H](C)N(Cc1cc(C)ccc1C)C[C@@H](O)COCc1ccccc1. The zero-order valence-corrected chi connectivity index (χ0v) is 16.6. The van der Waals surface area contributed by atoms with Gasteiger partial charge in [-0.1, -0.05) is 61.0 Å². The van der Waals surface area contributed by atoms with Crippen LogP contribution in [0.15, 0.2) is 48.5 Å². The topological polar surface area (TPSA) is 32.7 Å². The van der Waals surface area contributed by atoms with E-state index >= 15 is 0 Å². The molecule has 0 fully saturated rings. The van der Waals surface area contributed by atoms with Gasteiger partial charge in [0.1, 0.15) is 0 Å². The number of aliphatic hydroxyl groups is 1. The second-order valence-corrected chi connectivity index (χ2v) is 7.27. The summed E-state index contributed by atoms with van der Waals surface area (Å²) in [6.07, 6.45) is 0.570. The fourth-order valence-electron chi connectivity index (χ4n) is 3.06. The minimum Gasteiger partial charge on any atom is -0.389 e. The van der Waals surface area contributed by atoms with E-state index in [1.165, 1.54) is 16.7 Å². The second-order valence-electron chi connectivity index (χ2n) is 7.27. The number of aliphatic hydroxyl groups excluding tert-OH is 1. The lowest BCUT2D eigenvalue weighted by Crippen LogP contribution is -2.40. The third-order valence-corrected chi connectivity index (χ3v) is 4.96. The molecule has 2 atom stereocenters. The van der Waals surface area contributed by atoms with E-state index in [1.54, 1.807) is 0 Å². The Morgan fingerprint density at radius 1 is 1.08 bits per heavy atom. The average molecular weight is 356 g/mol. The summed E-state index contributed by atoms with van der Waals surface area (Å²) in [4.78, 5) is 2.36. The fourth-order valence-corrected chi connectivity index (χ4v) is 3.06. The van der Waals surface area contributed by atoms with Crippen LogP contribution in [0.5, 0.6) is 0 Å². The Kier molecular flexibility index (Phi) is 8.30. The smallest absolute Gasteiger partial charge is 0.0900 e. The van der Waals surface area contributed by atoms with Crippen LogP contribution in [0, 0.1) is 13.8 Å². The molecule has 0 aromatic heterocycles. The summed E-state index contributed by atoms with van der Waals surface area (Å²) in [5, 5.41) is 10.5. The van der Waals surface area contributed by atoms with Gasteiger partial charge in [0.05, 0.1) is 19.3 Å². The molecule has 26 heavy (non-hydrogen) atoms. The Labute approximate surface area is 158 Å². The summed E-state index contributed by atoms with van der Waals surface area (Å²) in [7, 11) is 0. The van der Waals surface area contributed by atoms with E-state index < -0.39 is 6.10 Å². The molecule has 0 saturated heterocycles. The highest BCUT2D eigenvalue weighted by Gasteiger charge is 2.18. The molecule has 0 radical (unpaired) electrons. The maximum absolute atomic E-state index is 10.5. The summed E-state index contributed by atoms with van der Waals surface area (Å²) in [5.41, 5.74) is 5.05. The number of benzene rings is 2. The van der Waals surface area contributed by atoms with E-state index in [0.717, 1.165) is 18.5 Å². The quantitative estimate of drug-likeness (QED) is 0.682. The minimum atomic E-state index is -0.488. The van der Waals surface area contributed by atoms with Gasteiger partial charge in [-0.2, -0.15) is 0 Å². The molecule has 0 unspecified atom stereocenters. The molecule has 2 aromatic carbocycles. The van der Waals surface area contributed by atoms with Gasteiger partial charge in [-0.25, -0.2) is 0 Å². The zero-order valence-electron chi connectivity index (χ0n) is 16.6. The highest BCUT2D eigenvalue weighted by Crippen LogP contribution is 2.17. The monoisotopic (exact) mass is 355 g/mol. The molecule has 3 heteroatoms. The first-order valence-electron chi connectivity index (χ1n) is 9.59. The number of rotatable bonds is 10. The van der Waals surface area contributed by atoms with Gasteiger partial charge in [0.2, 0.25) is 0 Å². The Morgan fingerprint density at radius 3 is 2.50 bits per heavy atom. The number of hydrogen-bond acceptors (Lipinski definition) is 3. The molecule has 0 aliphatic heterocycles. The highest BCUT2D eigenvalue weighted by molar-refractivity contribution is 5.30. The molecular weight excluding hydrogens is 322 g/mol. The minimum absolute atomic E-state index is 0.356. The summed E-state index contributed by atoms with van der Waals surface area (Å²) in [6.45, 7) is 11.1. The molecule has 1 N–H and O–H groups in total. The predicted molar refractivity (Wildman–Crippen MR) is 108 cm³/mol. The van der Waals surface area contributed by atoms with Crippen molar-refractivity contribution in [1.82, 2.24) is 4.90 Å². The van der Waals surface area contributed by atoms with E-state index in [-0.39, 0.29) is 0 Å². The lowest BCUT2D eigenvalue weighted by Gasteiger charge is -2.31. The Hall–Kier alpha value is -1.68. The van der Waals surface area contributed by atoms with E-state index in [0.29, 0.717) is 25.8 Å². The van der Waals surface area contributed by atoms with E-state index in [2.05, 4.69) is 50.8 Å². The molecule has 0 heterocycles. The van der Waals surface area contributed by atoms with Gasteiger partial charge in [0, 0.05) is 19.1 Å². The van der Waals surface area contributed by atoms with Crippen molar-refractivity contribution in [2.75, 3.05) is 13.2 Å². The van der Waals surface area contributed by atoms with Crippen molar-refractivity contribution in [3.63, 3.8) is 0 Å². The van der Waals surface area contributed by atoms with Crippen LogP contribution in [-0.4, -0.2) is 35.3 Å². The highest BCUT2D eigenvalue weighted by atomic mass is 16.5. The molecule has 0 aliphatic rings. The van der Waals surface area contributed by atoms with Crippen LogP contribution in [0.3, 0.4) is 0 Å². The number of aryl methyl sites for hydroxylation is 2. The lowest BCUT2D eigenvalue weighted by atomic mass is 10.0. The summed E-state index contributed by atoms with van der Waals surface area (Å²) < 4.78 is 5.71. The average Bonchev–Trinajstić information content (AvgIpc) is 2.64. The van der Waals surface area contributed by atoms with E-state index in [9.17, 15) is 5.11 Å². The first kappa shape index (κ1) is 20.6. The third kappa shape index (κ3) is 6.56. The Bertz CT molecular complexity index is 657. The maximum atomic E-state index is 10.5. The van der Waals surface area contributed by atoms with Gasteiger partial charge >= 0.3 is 0 Å². The van der Waals surface area contributed by atoms with Crippen LogP contribution in [0.2, 0.25) is 0 Å². The number of ether oxygens (including phenoxy) is 1. The first-order chi connectivity index (χ1) is 12.5. The maximum Gasteiger partial charge on any atom is 0.0900 e. The first-order valence-corrected chi connectivity index (χ1v) is 9.59. The summed E-state index contributed by atoms with van der Waals surface area (Å²) in [6, 6.07) is 17.1. The van der Waals surface area contributed by atoms with Crippen molar-refractivity contribution >= 4 is 0 Å². The molecule has 142 valence electrons. The van der Waals surface area contributed by atoms with Crippen molar-refractivity contribution < 1.29 is 9.84 Å². The van der Waals surface area contributed by atoms with Gasteiger partial charge in [0.15, 0.2) is 0 Å². The zero-order chi connectivity index (χ0) is 18.9. The normalized spacial score (nSPS) is 13.8. The number of nitrogens with zero attached hydrogens (tertiary/aromatic N) is 1. The van der Waals surface area contributed by atoms with Crippen molar-refractivity contribution in [3.05, 3.63) is 70.8 Å². The van der Waals surface area contributed by atoms with Crippen molar-refractivity contribution in [3.8, 4) is 0 Å². The second kappa shape index (κ2) is 10.5. The Morgan fingerprint density at radius 2 is 1.81 bits per heavy atom. The summed E-state index contributed by atoms with van der Waals surface area (Å²) in [5.74, 6) is 0. The van der Waals surface area contributed by atoms with Crippen molar-refractivity contribution in [2.45, 2.75) is 59.4 Å². The molecule has 0 aliphatic carbocycles. The largest absolute Gasteiger partial charge is 0.389 e. The van der Waals surface area contributed by atoms with Crippen molar-refractivity contribution in [2.24, 2.45) is 0 Å². The van der Waals surface area contributed by atoms with Gasteiger partial charge in [-0.3, -0.25) is 4.90 Å². The molecule has 2 rings (SSSR count). The molecule has 2 aromatic rings. The molecule has 0 bridgehead atoms. The van der Waals surface area contributed by atoms with Gasteiger partial charge in [0.25, 0.3) is 0 Å². The van der Waals surface area contributed by atoms with E-state index in [4.69, 9.17) is 4.74 Å². The van der Waals surface area contributed by atoms with E-state index in [1.807, 2.05) is 30.3 Å². The van der Waals surface area contributed by atoms with Crippen LogP contribution in [0.4, 0.5) is 0 Å². The van der Waals surface area contributed by atoms with Crippen LogP contribution >= 0.6 is 0 Å². The number of hydrogen-bond donors (Lipinski definition) is 1. The van der Waals surface area contributed by atoms with Crippen LogP contribution in [0.25, 0.3) is 0 Å². The molecule has 0 saturated carbocycles. The van der Waals surface area contributed by atoms with Crippen molar-refractivity contribution in [1.29, 1.82) is 0 Å². The van der Waals surface area contributed by atoms with Gasteiger partial charge in [-0.15, -0.1) is 0 Å². The molecule has 3 nitrogen and oxygen atoms in total. The van der Waals surface area contributed by atoms with Crippen LogP contribution in [-0.2, 0) is 17.9 Å². The molecular formula is C23H33NO2. The standard InChI is InChI=1S/C23H33NO2/c1-5-20(4)24(14-22-13-18(2)11-12-19(22)3)15-23(25)17-26-16-21-9-7-6-8-10-21/h6-13,20,23,25H,5,14-17H2,1-4H3/t20-,23-/m1/s1. The molecule has 0 spiro atoms. The third-order valence-electron chi connectivity index (χ3n) is 4.96. The van der Waals surface area contributed by atoms with Gasteiger partial charge in [-0.05, 0) is 43.9 Å². The predicted octanol–water partition coefficient (Wildman–Crippen LogP) is 4.48. The Balaban J connectivity index is 1.91. The summed E-state index contributed by atoms with van der Waals surface area (Å²) >= 11 is 0. The fraction of sp³-hybridized carbons (Fsp3) is 0.478. The lowest BCUT2D eigenvalue weighted by molar-refractivity contribution is 0.00141. The van der Waals surface area contributed by atoms with Gasteiger partial charge < -0.3 is 9.84 Å².